The van der Waals surface area contributed by atoms with Crippen molar-refractivity contribution in [2.24, 2.45) is 0 Å². The molecule has 1 nitrogen and oxygen atoms in total. The van der Waals surface area contributed by atoms with Crippen LogP contribution in [0.1, 0.15) is 10.4 Å². The first-order valence-corrected chi connectivity index (χ1v) is 5.61. The Bertz CT molecular complexity index is 447. The molecular formula is C10H9BrOS. The van der Waals surface area contributed by atoms with Crippen molar-refractivity contribution in [2.45, 2.75) is 13.5 Å². The van der Waals surface area contributed by atoms with Gasteiger partial charge in [-0.15, -0.1) is 11.3 Å². The maximum Gasteiger partial charge on any atom is 0.0774 e. The zero-order valence-corrected chi connectivity index (χ0v) is 9.58. The molecule has 0 spiro atoms. The molecule has 0 saturated heterocycles. The molecule has 0 saturated carbocycles. The molecule has 0 bridgehead atoms. The number of benzene rings is 1. The van der Waals surface area contributed by atoms with Gasteiger partial charge in [-0.25, -0.2) is 0 Å². The fraction of sp³-hybridized carbons (Fsp3) is 0.200. The molecule has 1 N–H and O–H groups in total. The van der Waals surface area contributed by atoms with E-state index in [2.05, 4.69) is 35.0 Å². The summed E-state index contributed by atoms with van der Waals surface area (Å²) < 4.78 is 2.37. The molecule has 0 amide bonds. The fourth-order valence-corrected chi connectivity index (χ4v) is 2.97. The van der Waals surface area contributed by atoms with E-state index in [0.717, 1.165) is 9.35 Å². The highest BCUT2D eigenvalue weighted by Crippen LogP contribution is 2.31. The summed E-state index contributed by atoms with van der Waals surface area (Å²) in [6.45, 7) is 2.22. The lowest BCUT2D eigenvalue weighted by molar-refractivity contribution is 0.285. The van der Waals surface area contributed by atoms with Crippen LogP contribution in [0.15, 0.2) is 22.7 Å². The van der Waals surface area contributed by atoms with Gasteiger partial charge in [-0.3, -0.25) is 0 Å². The molecule has 0 atom stereocenters. The summed E-state index contributed by atoms with van der Waals surface area (Å²) in [5.41, 5.74) is 1.26. The third-order valence-electron chi connectivity index (χ3n) is 1.97. The zero-order valence-electron chi connectivity index (χ0n) is 7.17. The van der Waals surface area contributed by atoms with E-state index >= 15 is 0 Å². The second kappa shape index (κ2) is 3.40. The highest BCUT2D eigenvalue weighted by atomic mass is 79.9. The third-order valence-corrected chi connectivity index (χ3v) is 3.70. The van der Waals surface area contributed by atoms with E-state index in [9.17, 15) is 0 Å². The van der Waals surface area contributed by atoms with Crippen LogP contribution in [0, 0.1) is 6.92 Å². The molecule has 1 heterocycles. The van der Waals surface area contributed by atoms with Gasteiger partial charge in [0.15, 0.2) is 0 Å². The molecule has 0 radical (unpaired) electrons. The summed E-state index contributed by atoms with van der Waals surface area (Å²) in [4.78, 5) is 1.02. The number of aliphatic hydroxyl groups excluding tert-OH is 1. The van der Waals surface area contributed by atoms with Gasteiger partial charge < -0.3 is 5.11 Å². The van der Waals surface area contributed by atoms with Crippen LogP contribution in [0.3, 0.4) is 0 Å². The van der Waals surface area contributed by atoms with Gasteiger partial charge in [-0.1, -0.05) is 15.9 Å². The summed E-state index contributed by atoms with van der Waals surface area (Å²) in [6.07, 6.45) is 0. The molecule has 0 aliphatic heterocycles. The lowest BCUT2D eigenvalue weighted by Crippen LogP contribution is -1.71. The summed E-state index contributed by atoms with van der Waals surface area (Å²) >= 11 is 5.12. The lowest BCUT2D eigenvalue weighted by atomic mass is 10.2. The van der Waals surface area contributed by atoms with E-state index in [1.54, 1.807) is 11.3 Å². The number of rotatable bonds is 1. The van der Waals surface area contributed by atoms with Gasteiger partial charge in [-0.05, 0) is 36.1 Å². The van der Waals surface area contributed by atoms with E-state index in [0.29, 0.717) is 0 Å². The molecule has 0 unspecified atom stereocenters. The van der Waals surface area contributed by atoms with Crippen molar-refractivity contribution in [3.05, 3.63) is 33.1 Å². The molecule has 2 rings (SSSR count). The number of halogens is 1. The Labute approximate surface area is 89.1 Å². The number of aryl methyl sites for hydroxylation is 1. The molecule has 1 aromatic carbocycles. The SMILES string of the molecule is Cc1cc(Br)cc2cc(CO)sc12. The van der Waals surface area contributed by atoms with Gasteiger partial charge in [0.05, 0.1) is 6.61 Å². The summed E-state index contributed by atoms with van der Waals surface area (Å²) in [7, 11) is 0. The number of fused-ring (bicyclic) bond motifs is 1. The van der Waals surface area contributed by atoms with Gasteiger partial charge >= 0.3 is 0 Å². The Morgan fingerprint density at radius 1 is 1.38 bits per heavy atom. The number of aliphatic hydroxyl groups is 1. The van der Waals surface area contributed by atoms with Crippen molar-refractivity contribution >= 4 is 37.4 Å². The van der Waals surface area contributed by atoms with Gasteiger partial charge in [0, 0.05) is 14.0 Å². The third kappa shape index (κ3) is 1.64. The maximum absolute atomic E-state index is 9.00. The first-order chi connectivity index (χ1) is 6.20. The van der Waals surface area contributed by atoms with Crippen LogP contribution < -0.4 is 0 Å². The fourth-order valence-electron chi connectivity index (χ4n) is 1.41. The summed E-state index contributed by atoms with van der Waals surface area (Å²) in [6, 6.07) is 6.22. The maximum atomic E-state index is 9.00. The minimum absolute atomic E-state index is 0.135. The van der Waals surface area contributed by atoms with Crippen molar-refractivity contribution in [3.63, 3.8) is 0 Å². The van der Waals surface area contributed by atoms with E-state index in [1.807, 2.05) is 6.07 Å². The van der Waals surface area contributed by atoms with Crippen molar-refractivity contribution in [3.8, 4) is 0 Å². The van der Waals surface area contributed by atoms with Crippen molar-refractivity contribution in [2.75, 3.05) is 0 Å². The minimum atomic E-state index is 0.135. The minimum Gasteiger partial charge on any atom is -0.391 e. The van der Waals surface area contributed by atoms with Crippen LogP contribution in [-0.4, -0.2) is 5.11 Å². The highest BCUT2D eigenvalue weighted by molar-refractivity contribution is 9.10. The Morgan fingerprint density at radius 3 is 2.85 bits per heavy atom. The Morgan fingerprint density at radius 2 is 2.15 bits per heavy atom. The summed E-state index contributed by atoms with van der Waals surface area (Å²) in [5, 5.41) is 10.2. The predicted octanol–water partition coefficient (Wildman–Crippen LogP) is 3.46. The van der Waals surface area contributed by atoms with Gasteiger partial charge in [0.1, 0.15) is 0 Å². The topological polar surface area (TPSA) is 20.2 Å². The molecule has 0 fully saturated rings. The second-order valence-corrected chi connectivity index (χ2v) is 5.06. The Kier molecular flexibility index (Phi) is 2.41. The van der Waals surface area contributed by atoms with E-state index in [-0.39, 0.29) is 6.61 Å². The number of hydrogen-bond donors (Lipinski definition) is 1. The van der Waals surface area contributed by atoms with E-state index in [4.69, 9.17) is 5.11 Å². The zero-order chi connectivity index (χ0) is 9.42. The van der Waals surface area contributed by atoms with Crippen LogP contribution in [-0.2, 0) is 6.61 Å². The van der Waals surface area contributed by atoms with Gasteiger partial charge in [0.2, 0.25) is 0 Å². The molecule has 0 aliphatic rings. The van der Waals surface area contributed by atoms with Gasteiger partial charge in [0.25, 0.3) is 0 Å². The monoisotopic (exact) mass is 256 g/mol. The lowest BCUT2D eigenvalue weighted by Gasteiger charge is -1.95. The number of thiophene rings is 1. The molecule has 1 aromatic heterocycles. The number of hydrogen-bond acceptors (Lipinski definition) is 2. The van der Waals surface area contributed by atoms with Crippen molar-refractivity contribution in [1.29, 1.82) is 0 Å². The normalized spacial score (nSPS) is 11.0. The molecule has 68 valence electrons. The smallest absolute Gasteiger partial charge is 0.0774 e. The molecule has 2 aromatic rings. The average Bonchev–Trinajstić information content (AvgIpc) is 2.47. The van der Waals surface area contributed by atoms with Crippen LogP contribution >= 0.6 is 27.3 Å². The standard InChI is InChI=1S/C10H9BrOS/c1-6-2-8(11)3-7-4-9(5-12)13-10(6)7/h2-4,12H,5H2,1H3. The largest absolute Gasteiger partial charge is 0.391 e. The van der Waals surface area contributed by atoms with Crippen molar-refractivity contribution in [1.82, 2.24) is 0 Å². The molecule has 13 heavy (non-hydrogen) atoms. The van der Waals surface area contributed by atoms with E-state index < -0.39 is 0 Å². The van der Waals surface area contributed by atoms with Gasteiger partial charge in [-0.2, -0.15) is 0 Å². The Hall–Kier alpha value is -0.380. The first kappa shape index (κ1) is 9.19. The van der Waals surface area contributed by atoms with Crippen LogP contribution in [0.4, 0.5) is 0 Å². The molecular weight excluding hydrogens is 248 g/mol. The molecule has 0 aliphatic carbocycles. The Balaban J connectivity index is 2.75. The second-order valence-electron chi connectivity index (χ2n) is 3.01. The predicted molar refractivity (Wildman–Crippen MR) is 60.2 cm³/mol. The van der Waals surface area contributed by atoms with Crippen LogP contribution in [0.5, 0.6) is 0 Å². The average molecular weight is 257 g/mol. The van der Waals surface area contributed by atoms with E-state index in [1.165, 1.54) is 15.6 Å². The molecule has 3 heteroatoms. The van der Waals surface area contributed by atoms with Crippen molar-refractivity contribution < 1.29 is 5.11 Å². The first-order valence-electron chi connectivity index (χ1n) is 4.00. The summed E-state index contributed by atoms with van der Waals surface area (Å²) in [5.74, 6) is 0. The van der Waals surface area contributed by atoms with Crippen LogP contribution in [0.25, 0.3) is 10.1 Å². The van der Waals surface area contributed by atoms with Crippen LogP contribution in [0.2, 0.25) is 0 Å². The quantitative estimate of drug-likeness (QED) is 0.829. The highest BCUT2D eigenvalue weighted by Gasteiger charge is 2.04.